The van der Waals surface area contributed by atoms with Gasteiger partial charge in [-0.1, -0.05) is 13.8 Å². The van der Waals surface area contributed by atoms with Crippen LogP contribution in [0.4, 0.5) is 0 Å². The van der Waals surface area contributed by atoms with Crippen LogP contribution in [0.15, 0.2) is 0 Å². The molecule has 0 spiro atoms. The molecule has 1 aliphatic rings. The SMILES string of the molecule is CC(C)CCOC(=O)CC1CCNCC1. The van der Waals surface area contributed by atoms with Crippen molar-refractivity contribution >= 4 is 5.97 Å². The fraction of sp³-hybridized carbons (Fsp3) is 0.917. The highest BCUT2D eigenvalue weighted by molar-refractivity contribution is 5.69. The van der Waals surface area contributed by atoms with Gasteiger partial charge in [-0.25, -0.2) is 0 Å². The molecule has 0 aliphatic carbocycles. The summed E-state index contributed by atoms with van der Waals surface area (Å²) in [6.07, 6.45) is 3.80. The Labute approximate surface area is 92.6 Å². The molecule has 3 heteroatoms. The molecule has 0 saturated carbocycles. The zero-order valence-electron chi connectivity index (χ0n) is 9.92. The van der Waals surface area contributed by atoms with E-state index in [9.17, 15) is 4.79 Å². The number of piperidine rings is 1. The Morgan fingerprint density at radius 3 is 2.67 bits per heavy atom. The molecule has 1 saturated heterocycles. The normalized spacial score (nSPS) is 18.1. The zero-order valence-corrected chi connectivity index (χ0v) is 9.92. The molecular weight excluding hydrogens is 190 g/mol. The maximum atomic E-state index is 11.5. The Balaban J connectivity index is 2.06. The molecule has 0 unspecified atom stereocenters. The van der Waals surface area contributed by atoms with Crippen molar-refractivity contribution in [1.82, 2.24) is 5.32 Å². The third kappa shape index (κ3) is 5.78. The number of nitrogens with one attached hydrogen (secondary N) is 1. The second kappa shape index (κ2) is 6.83. The molecule has 15 heavy (non-hydrogen) atoms. The van der Waals surface area contributed by atoms with E-state index in [0.29, 0.717) is 24.9 Å². The molecule has 0 radical (unpaired) electrons. The highest BCUT2D eigenvalue weighted by Crippen LogP contribution is 2.16. The van der Waals surface area contributed by atoms with Crippen LogP contribution in [0.3, 0.4) is 0 Å². The lowest BCUT2D eigenvalue weighted by molar-refractivity contribution is -0.145. The number of esters is 1. The molecule has 0 amide bonds. The predicted molar refractivity (Wildman–Crippen MR) is 60.6 cm³/mol. The molecular formula is C12H23NO2. The van der Waals surface area contributed by atoms with Crippen LogP contribution >= 0.6 is 0 Å². The summed E-state index contributed by atoms with van der Waals surface area (Å²) in [7, 11) is 0. The highest BCUT2D eigenvalue weighted by Gasteiger charge is 2.17. The smallest absolute Gasteiger partial charge is 0.306 e. The topological polar surface area (TPSA) is 38.3 Å². The third-order valence-electron chi connectivity index (χ3n) is 2.87. The fourth-order valence-corrected chi connectivity index (χ4v) is 1.79. The maximum Gasteiger partial charge on any atom is 0.306 e. The van der Waals surface area contributed by atoms with E-state index >= 15 is 0 Å². The predicted octanol–water partition coefficient (Wildman–Crippen LogP) is 1.97. The van der Waals surface area contributed by atoms with Crippen LogP contribution in [0.2, 0.25) is 0 Å². The van der Waals surface area contributed by atoms with Gasteiger partial charge in [0.15, 0.2) is 0 Å². The van der Waals surface area contributed by atoms with Gasteiger partial charge in [-0.05, 0) is 44.2 Å². The summed E-state index contributed by atoms with van der Waals surface area (Å²) in [6.45, 7) is 6.95. The summed E-state index contributed by atoms with van der Waals surface area (Å²) in [5.41, 5.74) is 0. The van der Waals surface area contributed by atoms with Gasteiger partial charge in [-0.3, -0.25) is 4.79 Å². The first-order valence-corrected chi connectivity index (χ1v) is 6.05. The van der Waals surface area contributed by atoms with E-state index in [-0.39, 0.29) is 5.97 Å². The Kier molecular flexibility index (Phi) is 5.69. The summed E-state index contributed by atoms with van der Waals surface area (Å²) in [5, 5.41) is 3.29. The van der Waals surface area contributed by atoms with Crippen LogP contribution in [-0.2, 0) is 9.53 Å². The lowest BCUT2D eigenvalue weighted by Crippen LogP contribution is -2.29. The monoisotopic (exact) mass is 213 g/mol. The van der Waals surface area contributed by atoms with E-state index in [1.54, 1.807) is 0 Å². The standard InChI is InChI=1S/C12H23NO2/c1-10(2)5-8-15-12(14)9-11-3-6-13-7-4-11/h10-11,13H,3-9H2,1-2H3. The summed E-state index contributed by atoms with van der Waals surface area (Å²) in [4.78, 5) is 11.5. The molecule has 0 aromatic rings. The Bertz CT molecular complexity index is 186. The second-order valence-electron chi connectivity index (χ2n) is 4.80. The van der Waals surface area contributed by atoms with Gasteiger partial charge in [0, 0.05) is 6.42 Å². The van der Waals surface area contributed by atoms with Crippen molar-refractivity contribution < 1.29 is 9.53 Å². The van der Waals surface area contributed by atoms with Crippen LogP contribution in [0.5, 0.6) is 0 Å². The van der Waals surface area contributed by atoms with Crippen molar-refractivity contribution in [2.24, 2.45) is 11.8 Å². The molecule has 1 N–H and O–H groups in total. The van der Waals surface area contributed by atoms with Crippen LogP contribution in [0.1, 0.15) is 39.5 Å². The molecule has 0 aromatic heterocycles. The van der Waals surface area contributed by atoms with Gasteiger partial charge >= 0.3 is 5.97 Å². The first-order chi connectivity index (χ1) is 7.18. The van der Waals surface area contributed by atoms with E-state index in [1.165, 1.54) is 0 Å². The Morgan fingerprint density at radius 1 is 1.40 bits per heavy atom. The van der Waals surface area contributed by atoms with Gasteiger partial charge in [-0.2, -0.15) is 0 Å². The van der Waals surface area contributed by atoms with Crippen LogP contribution in [0.25, 0.3) is 0 Å². The molecule has 1 rings (SSSR count). The minimum atomic E-state index is -0.0115. The number of hydrogen-bond donors (Lipinski definition) is 1. The van der Waals surface area contributed by atoms with E-state index in [2.05, 4.69) is 19.2 Å². The van der Waals surface area contributed by atoms with Gasteiger partial charge < -0.3 is 10.1 Å². The molecule has 0 aromatic carbocycles. The minimum Gasteiger partial charge on any atom is -0.466 e. The number of hydrogen-bond acceptors (Lipinski definition) is 3. The van der Waals surface area contributed by atoms with E-state index in [1.807, 2.05) is 0 Å². The van der Waals surface area contributed by atoms with Gasteiger partial charge in [0.05, 0.1) is 6.61 Å². The first kappa shape index (κ1) is 12.5. The molecule has 1 heterocycles. The molecule has 1 aliphatic heterocycles. The Morgan fingerprint density at radius 2 is 2.07 bits per heavy atom. The minimum absolute atomic E-state index is 0.0115. The van der Waals surface area contributed by atoms with Crippen LogP contribution in [-0.4, -0.2) is 25.7 Å². The highest BCUT2D eigenvalue weighted by atomic mass is 16.5. The van der Waals surface area contributed by atoms with Gasteiger partial charge in [0.2, 0.25) is 0 Å². The largest absolute Gasteiger partial charge is 0.466 e. The quantitative estimate of drug-likeness (QED) is 0.710. The number of ether oxygens (including phenoxy) is 1. The Hall–Kier alpha value is -0.570. The van der Waals surface area contributed by atoms with Crippen molar-refractivity contribution in [3.8, 4) is 0 Å². The van der Waals surface area contributed by atoms with Crippen LogP contribution < -0.4 is 5.32 Å². The van der Waals surface area contributed by atoms with Crippen molar-refractivity contribution in [2.45, 2.75) is 39.5 Å². The van der Waals surface area contributed by atoms with Gasteiger partial charge in [0.25, 0.3) is 0 Å². The molecule has 1 fully saturated rings. The van der Waals surface area contributed by atoms with Crippen molar-refractivity contribution in [2.75, 3.05) is 19.7 Å². The lowest BCUT2D eigenvalue weighted by atomic mass is 9.95. The average molecular weight is 213 g/mol. The first-order valence-electron chi connectivity index (χ1n) is 6.05. The number of rotatable bonds is 5. The van der Waals surface area contributed by atoms with Crippen molar-refractivity contribution in [1.29, 1.82) is 0 Å². The molecule has 0 atom stereocenters. The molecule has 0 bridgehead atoms. The van der Waals surface area contributed by atoms with Crippen molar-refractivity contribution in [3.63, 3.8) is 0 Å². The van der Waals surface area contributed by atoms with E-state index in [4.69, 9.17) is 4.74 Å². The second-order valence-corrected chi connectivity index (χ2v) is 4.80. The van der Waals surface area contributed by atoms with E-state index in [0.717, 1.165) is 32.4 Å². The maximum absolute atomic E-state index is 11.5. The number of carbonyl (C=O) groups excluding carboxylic acids is 1. The molecule has 88 valence electrons. The van der Waals surface area contributed by atoms with Crippen LogP contribution in [0, 0.1) is 11.8 Å². The van der Waals surface area contributed by atoms with Gasteiger partial charge in [-0.15, -0.1) is 0 Å². The summed E-state index contributed by atoms with van der Waals surface area (Å²) in [5.74, 6) is 1.14. The summed E-state index contributed by atoms with van der Waals surface area (Å²) >= 11 is 0. The fourth-order valence-electron chi connectivity index (χ4n) is 1.79. The van der Waals surface area contributed by atoms with Crippen molar-refractivity contribution in [3.05, 3.63) is 0 Å². The molecule has 3 nitrogen and oxygen atoms in total. The van der Waals surface area contributed by atoms with E-state index < -0.39 is 0 Å². The number of carbonyl (C=O) groups is 1. The summed E-state index contributed by atoms with van der Waals surface area (Å²) in [6, 6.07) is 0. The average Bonchev–Trinajstić information content (AvgIpc) is 2.18. The van der Waals surface area contributed by atoms with Gasteiger partial charge in [0.1, 0.15) is 0 Å². The summed E-state index contributed by atoms with van der Waals surface area (Å²) < 4.78 is 5.20. The lowest BCUT2D eigenvalue weighted by Gasteiger charge is -2.21. The zero-order chi connectivity index (χ0) is 11.1. The third-order valence-corrected chi connectivity index (χ3v) is 2.87.